The zero-order chi connectivity index (χ0) is 11.2. The molecule has 0 bridgehead atoms. The van der Waals surface area contributed by atoms with Crippen LogP contribution in [0.2, 0.25) is 0 Å². The van der Waals surface area contributed by atoms with Gasteiger partial charge in [-0.1, -0.05) is 90.9 Å². The Labute approximate surface area is 97.8 Å². The maximum absolute atomic E-state index is 3.86. The Morgan fingerprint density at radius 3 is 1.80 bits per heavy atom. The molecule has 0 atom stereocenters. The number of unbranched alkanes of at least 4 members (excludes halogenated alkanes) is 12. The fourth-order valence-electron chi connectivity index (χ4n) is 1.86. The predicted molar refractivity (Wildman–Crippen MR) is 70.7 cm³/mol. The van der Waals surface area contributed by atoms with Gasteiger partial charge < -0.3 is 0 Å². The largest absolute Gasteiger partial charge is 0.0654 e. The maximum atomic E-state index is 3.86. The smallest absolute Gasteiger partial charge is 0.0386 e. The van der Waals surface area contributed by atoms with E-state index in [9.17, 15) is 0 Å². The summed E-state index contributed by atoms with van der Waals surface area (Å²) in [6.07, 6.45) is 18.9. The van der Waals surface area contributed by atoms with Crippen molar-refractivity contribution in [3.8, 4) is 0 Å². The van der Waals surface area contributed by atoms with Crippen LogP contribution < -0.4 is 0 Å². The van der Waals surface area contributed by atoms with E-state index in [2.05, 4.69) is 20.3 Å². The van der Waals surface area contributed by atoms with Gasteiger partial charge in [0, 0.05) is 0 Å². The minimum absolute atomic E-state index is 1.11. The van der Waals surface area contributed by atoms with Gasteiger partial charge in [0.15, 0.2) is 0 Å². The molecule has 0 fully saturated rings. The normalized spacial score (nSPS) is 10.8. The highest BCUT2D eigenvalue weighted by Crippen LogP contribution is 2.11. The van der Waals surface area contributed by atoms with Crippen LogP contribution in [0.4, 0.5) is 0 Å². The second-order valence-electron chi connectivity index (χ2n) is 4.55. The van der Waals surface area contributed by atoms with E-state index in [0.717, 1.165) is 6.42 Å². The van der Waals surface area contributed by atoms with Crippen LogP contribution in [0, 0.1) is 13.3 Å². The zero-order valence-electron chi connectivity index (χ0n) is 10.8. The van der Waals surface area contributed by atoms with Crippen LogP contribution in [-0.2, 0) is 0 Å². The van der Waals surface area contributed by atoms with Gasteiger partial charge in [-0.15, -0.1) is 0 Å². The third-order valence-corrected chi connectivity index (χ3v) is 2.92. The maximum Gasteiger partial charge on any atom is -0.0386 e. The first kappa shape index (κ1) is 15.0. The molecule has 0 aliphatic carbocycles. The lowest BCUT2D eigenvalue weighted by Gasteiger charge is -2.01. The molecule has 0 aromatic heterocycles. The zero-order valence-corrected chi connectivity index (χ0v) is 10.8. The lowest BCUT2D eigenvalue weighted by Crippen LogP contribution is -1.83. The molecule has 0 saturated carbocycles. The first-order chi connectivity index (χ1) is 7.41. The molecule has 0 heterocycles. The molecule has 0 N–H and O–H groups in total. The predicted octanol–water partition coefficient (Wildman–Crippen LogP) is 5.73. The number of hydrogen-bond acceptors (Lipinski definition) is 0. The number of rotatable bonds is 12. The second-order valence-corrected chi connectivity index (χ2v) is 4.55. The third-order valence-electron chi connectivity index (χ3n) is 2.92. The summed E-state index contributed by atoms with van der Waals surface area (Å²) in [4.78, 5) is 0. The van der Waals surface area contributed by atoms with E-state index in [1.165, 1.54) is 70.6 Å². The lowest BCUT2D eigenvalue weighted by molar-refractivity contribution is 0.601. The summed E-state index contributed by atoms with van der Waals surface area (Å²) in [6, 6.07) is 0. The molecule has 0 aliphatic rings. The summed E-state index contributed by atoms with van der Waals surface area (Å²) < 4.78 is 0. The highest BCUT2D eigenvalue weighted by Gasteiger charge is 1.92. The van der Waals surface area contributed by atoms with Crippen LogP contribution in [0.3, 0.4) is 0 Å². The van der Waals surface area contributed by atoms with Gasteiger partial charge in [-0.3, -0.25) is 0 Å². The van der Waals surface area contributed by atoms with E-state index in [1.54, 1.807) is 0 Å². The van der Waals surface area contributed by atoms with Gasteiger partial charge in [-0.05, 0) is 6.42 Å². The molecular formula is C15H30. The minimum atomic E-state index is 1.11. The Balaban J connectivity index is 2.81. The van der Waals surface area contributed by atoms with Crippen molar-refractivity contribution >= 4 is 0 Å². The van der Waals surface area contributed by atoms with Gasteiger partial charge in [0.2, 0.25) is 0 Å². The fourth-order valence-corrected chi connectivity index (χ4v) is 1.86. The first-order valence-corrected chi connectivity index (χ1v) is 7.02. The van der Waals surface area contributed by atoms with E-state index in [1.807, 2.05) is 0 Å². The molecule has 0 aromatic rings. The van der Waals surface area contributed by atoms with Crippen LogP contribution in [-0.4, -0.2) is 0 Å². The first-order valence-electron chi connectivity index (χ1n) is 7.02. The highest BCUT2D eigenvalue weighted by molar-refractivity contribution is 4.64. The molecule has 0 rings (SSSR count). The Hall–Kier alpha value is 0. The van der Waals surface area contributed by atoms with Crippen molar-refractivity contribution in [1.29, 1.82) is 0 Å². The van der Waals surface area contributed by atoms with Crippen LogP contribution in [0.1, 0.15) is 84.0 Å². The van der Waals surface area contributed by atoms with Gasteiger partial charge >= 0.3 is 0 Å². The van der Waals surface area contributed by atoms with Gasteiger partial charge in [0.05, 0.1) is 0 Å². The van der Waals surface area contributed by atoms with Gasteiger partial charge in [0.1, 0.15) is 0 Å². The molecule has 0 unspecified atom stereocenters. The van der Waals surface area contributed by atoms with Crippen molar-refractivity contribution in [3.05, 3.63) is 13.3 Å². The van der Waals surface area contributed by atoms with Gasteiger partial charge in [-0.2, -0.15) is 0 Å². The molecular weight excluding hydrogens is 180 g/mol. The van der Waals surface area contributed by atoms with Crippen molar-refractivity contribution in [3.63, 3.8) is 0 Å². The van der Waals surface area contributed by atoms with E-state index in [4.69, 9.17) is 0 Å². The molecule has 0 heteroatoms. The minimum Gasteiger partial charge on any atom is -0.0654 e. The van der Waals surface area contributed by atoms with Crippen LogP contribution in [0.15, 0.2) is 0 Å². The van der Waals surface area contributed by atoms with Crippen LogP contribution >= 0.6 is 0 Å². The molecule has 90 valence electrons. The van der Waals surface area contributed by atoms with Crippen LogP contribution in [0.5, 0.6) is 0 Å². The SMILES string of the molecule is [CH2]CCCCCC[CH]CCCCCCC. The topological polar surface area (TPSA) is 0 Å². The molecule has 0 aliphatic heterocycles. The van der Waals surface area contributed by atoms with E-state index >= 15 is 0 Å². The standard InChI is InChI=1S/C15H30/c1-3-5-7-9-11-13-15-14-12-10-8-6-4-2/h15H,1,3-14H2,2H3. The molecule has 0 nitrogen and oxygen atoms in total. The highest BCUT2D eigenvalue weighted by atomic mass is 14.0. The molecule has 15 heavy (non-hydrogen) atoms. The summed E-state index contributed by atoms with van der Waals surface area (Å²) in [7, 11) is 0. The van der Waals surface area contributed by atoms with Crippen LogP contribution in [0.25, 0.3) is 0 Å². The average Bonchev–Trinajstić information content (AvgIpc) is 2.26. The van der Waals surface area contributed by atoms with Crippen molar-refractivity contribution in [2.75, 3.05) is 0 Å². The Morgan fingerprint density at radius 2 is 1.27 bits per heavy atom. The van der Waals surface area contributed by atoms with Gasteiger partial charge in [-0.25, -0.2) is 0 Å². The summed E-state index contributed by atoms with van der Waals surface area (Å²) in [6.45, 7) is 6.14. The van der Waals surface area contributed by atoms with E-state index in [-0.39, 0.29) is 0 Å². The quantitative estimate of drug-likeness (QED) is 0.361. The van der Waals surface area contributed by atoms with Crippen molar-refractivity contribution in [2.45, 2.75) is 84.0 Å². The number of hydrogen-bond donors (Lipinski definition) is 0. The Morgan fingerprint density at radius 1 is 0.733 bits per heavy atom. The lowest BCUT2D eigenvalue weighted by atomic mass is 10.1. The summed E-state index contributed by atoms with van der Waals surface area (Å²) in [5.41, 5.74) is 0. The van der Waals surface area contributed by atoms with E-state index in [0.29, 0.717) is 0 Å². The van der Waals surface area contributed by atoms with E-state index < -0.39 is 0 Å². The average molecular weight is 210 g/mol. The van der Waals surface area contributed by atoms with Crippen molar-refractivity contribution in [2.24, 2.45) is 0 Å². The summed E-state index contributed by atoms with van der Waals surface area (Å²) in [5.74, 6) is 0. The summed E-state index contributed by atoms with van der Waals surface area (Å²) in [5, 5.41) is 0. The van der Waals surface area contributed by atoms with Crippen molar-refractivity contribution in [1.82, 2.24) is 0 Å². The molecule has 0 aromatic carbocycles. The Bertz CT molecular complexity index is 84.2. The molecule has 2 radical (unpaired) electrons. The Kier molecular flexibility index (Phi) is 14.0. The third kappa shape index (κ3) is 14.0. The molecule has 0 saturated heterocycles. The summed E-state index contributed by atoms with van der Waals surface area (Å²) >= 11 is 0. The second kappa shape index (κ2) is 14.0. The van der Waals surface area contributed by atoms with Crippen molar-refractivity contribution < 1.29 is 0 Å². The van der Waals surface area contributed by atoms with Gasteiger partial charge in [0.25, 0.3) is 0 Å². The monoisotopic (exact) mass is 210 g/mol. The fraction of sp³-hybridized carbons (Fsp3) is 0.867. The molecule has 0 amide bonds. The molecule has 0 spiro atoms.